The van der Waals surface area contributed by atoms with Gasteiger partial charge in [0.25, 0.3) is 0 Å². The number of benzene rings is 1. The van der Waals surface area contributed by atoms with E-state index in [0.29, 0.717) is 6.61 Å². The molecule has 0 N–H and O–H groups in total. The van der Waals surface area contributed by atoms with Gasteiger partial charge >= 0.3 is 0 Å². The minimum atomic E-state index is -1.97. The first-order valence-electron chi connectivity index (χ1n) is 11.2. The van der Waals surface area contributed by atoms with Gasteiger partial charge in [-0.25, -0.2) is 0 Å². The van der Waals surface area contributed by atoms with Crippen molar-refractivity contribution in [2.24, 2.45) is 5.92 Å². The maximum absolute atomic E-state index is 6.84. The average Bonchev–Trinajstić information content (AvgIpc) is 3.13. The molecule has 30 heavy (non-hydrogen) atoms. The molecule has 0 bridgehead atoms. The molecule has 1 atom stereocenters. The second-order valence-corrected chi connectivity index (χ2v) is 16.0. The lowest BCUT2D eigenvalue weighted by atomic mass is 9.97. The van der Waals surface area contributed by atoms with Crippen molar-refractivity contribution in [3.63, 3.8) is 0 Å². The fraction of sp³-hybridized carbons (Fsp3) is 0.680. The molecule has 1 aromatic rings. The molecule has 1 unspecified atom stereocenters. The highest BCUT2D eigenvalue weighted by atomic mass is 79.9. The minimum absolute atomic E-state index is 0.135. The molecule has 5 heteroatoms. The van der Waals surface area contributed by atoms with Gasteiger partial charge in [0.1, 0.15) is 11.5 Å². The predicted molar refractivity (Wildman–Crippen MR) is 133 cm³/mol. The van der Waals surface area contributed by atoms with E-state index in [0.717, 1.165) is 33.9 Å². The van der Waals surface area contributed by atoms with Crippen molar-refractivity contribution in [3.8, 4) is 11.5 Å². The van der Waals surface area contributed by atoms with Gasteiger partial charge < -0.3 is 13.9 Å². The third-order valence-electron chi connectivity index (χ3n) is 6.55. The van der Waals surface area contributed by atoms with Gasteiger partial charge in [-0.1, -0.05) is 32.9 Å². The Morgan fingerprint density at radius 2 is 1.80 bits per heavy atom. The van der Waals surface area contributed by atoms with E-state index in [1.807, 2.05) is 6.07 Å². The standard InChI is InChI=1S/C25H41BrO3Si/c1-24(2,3)30(7,8)29-25(4,5)21-17-20(27-6)18-22(26)23(21)28-16-12-11-15-19-13-9-10-14-19/h9,13,17-19H,10-12,14-16H2,1-8H3. The first-order chi connectivity index (χ1) is 13.9. The van der Waals surface area contributed by atoms with Crippen molar-refractivity contribution in [1.82, 2.24) is 0 Å². The van der Waals surface area contributed by atoms with Gasteiger partial charge in [-0.3, -0.25) is 0 Å². The number of rotatable bonds is 10. The molecule has 1 aromatic carbocycles. The Labute approximate surface area is 193 Å². The van der Waals surface area contributed by atoms with Crippen LogP contribution in [-0.4, -0.2) is 22.0 Å². The van der Waals surface area contributed by atoms with Crippen LogP contribution in [0.15, 0.2) is 28.8 Å². The van der Waals surface area contributed by atoms with Gasteiger partial charge in [-0.2, -0.15) is 0 Å². The minimum Gasteiger partial charge on any atom is -0.497 e. The number of methoxy groups -OCH3 is 1. The van der Waals surface area contributed by atoms with Crippen LogP contribution >= 0.6 is 15.9 Å². The maximum Gasteiger partial charge on any atom is 0.193 e. The SMILES string of the molecule is COc1cc(Br)c(OCCCCC2C=CCC2)c(C(C)(C)O[Si](C)(C)C(C)(C)C)c1. The average molecular weight is 498 g/mol. The van der Waals surface area contributed by atoms with Crippen molar-refractivity contribution < 1.29 is 13.9 Å². The highest BCUT2D eigenvalue weighted by Crippen LogP contribution is 2.46. The summed E-state index contributed by atoms with van der Waals surface area (Å²) in [4.78, 5) is 0. The van der Waals surface area contributed by atoms with Crippen LogP contribution in [0.2, 0.25) is 18.1 Å². The van der Waals surface area contributed by atoms with Crippen molar-refractivity contribution in [2.45, 2.75) is 90.5 Å². The predicted octanol–water partition coefficient (Wildman–Crippen LogP) is 8.23. The number of unbranched alkanes of at least 4 members (excludes halogenated alkanes) is 1. The monoisotopic (exact) mass is 496 g/mol. The van der Waals surface area contributed by atoms with Gasteiger partial charge in [-0.15, -0.1) is 0 Å². The van der Waals surface area contributed by atoms with Crippen molar-refractivity contribution in [1.29, 1.82) is 0 Å². The Kier molecular flexibility index (Phi) is 8.68. The zero-order valence-electron chi connectivity index (χ0n) is 20.2. The van der Waals surface area contributed by atoms with E-state index >= 15 is 0 Å². The Morgan fingerprint density at radius 1 is 1.10 bits per heavy atom. The largest absolute Gasteiger partial charge is 0.497 e. The second kappa shape index (κ2) is 10.2. The third-order valence-corrected chi connectivity index (χ3v) is 11.8. The van der Waals surface area contributed by atoms with Crippen LogP contribution in [0.3, 0.4) is 0 Å². The quantitative estimate of drug-likeness (QED) is 0.185. The molecule has 0 spiro atoms. The van der Waals surface area contributed by atoms with E-state index in [1.165, 1.54) is 25.7 Å². The lowest BCUT2D eigenvalue weighted by Crippen LogP contribution is -2.46. The van der Waals surface area contributed by atoms with Crippen LogP contribution in [0.1, 0.15) is 72.3 Å². The molecule has 0 radical (unpaired) electrons. The zero-order chi connectivity index (χ0) is 22.6. The molecule has 3 nitrogen and oxygen atoms in total. The molecule has 0 amide bonds. The molecule has 170 valence electrons. The van der Waals surface area contributed by atoms with Crippen LogP contribution in [0.5, 0.6) is 11.5 Å². The van der Waals surface area contributed by atoms with Crippen LogP contribution in [0.25, 0.3) is 0 Å². The maximum atomic E-state index is 6.84. The summed E-state index contributed by atoms with van der Waals surface area (Å²) in [7, 11) is -0.269. The summed E-state index contributed by atoms with van der Waals surface area (Å²) in [5.41, 5.74) is 0.557. The van der Waals surface area contributed by atoms with Crippen LogP contribution in [-0.2, 0) is 10.0 Å². The number of allylic oxidation sites excluding steroid dienone is 2. The summed E-state index contributed by atoms with van der Waals surface area (Å²) < 4.78 is 19.6. The lowest BCUT2D eigenvalue weighted by molar-refractivity contribution is 0.0856. The molecule has 0 aliphatic heterocycles. The Bertz CT molecular complexity index is 735. The third kappa shape index (κ3) is 6.61. The fourth-order valence-electron chi connectivity index (χ4n) is 3.74. The molecule has 0 fully saturated rings. The van der Waals surface area contributed by atoms with Crippen LogP contribution in [0, 0.1) is 5.92 Å². The summed E-state index contributed by atoms with van der Waals surface area (Å²) in [6.07, 6.45) is 10.8. The summed E-state index contributed by atoms with van der Waals surface area (Å²) in [5, 5.41) is 0.135. The molecule has 0 heterocycles. The molecular formula is C25H41BrO3Si. The van der Waals surface area contributed by atoms with Crippen molar-refractivity contribution in [2.75, 3.05) is 13.7 Å². The van der Waals surface area contributed by atoms with E-state index in [2.05, 4.69) is 81.9 Å². The molecule has 0 aromatic heterocycles. The van der Waals surface area contributed by atoms with Crippen molar-refractivity contribution >= 4 is 24.2 Å². The van der Waals surface area contributed by atoms with E-state index in [9.17, 15) is 0 Å². The summed E-state index contributed by atoms with van der Waals surface area (Å²) in [6, 6.07) is 4.04. The normalized spacial score (nSPS) is 17.4. The Hall–Kier alpha value is -0.783. The molecular weight excluding hydrogens is 456 g/mol. The van der Waals surface area contributed by atoms with Crippen LogP contribution < -0.4 is 9.47 Å². The fourth-order valence-corrected chi connectivity index (χ4v) is 5.99. The molecule has 2 rings (SSSR count). The Morgan fingerprint density at radius 3 is 2.37 bits per heavy atom. The van der Waals surface area contributed by atoms with Gasteiger partial charge in [0, 0.05) is 5.56 Å². The van der Waals surface area contributed by atoms with Crippen LogP contribution in [0.4, 0.5) is 0 Å². The molecule has 0 saturated heterocycles. The molecule has 1 aliphatic rings. The topological polar surface area (TPSA) is 27.7 Å². The highest BCUT2D eigenvalue weighted by Gasteiger charge is 2.43. The summed E-state index contributed by atoms with van der Waals surface area (Å²) >= 11 is 3.72. The number of hydrogen-bond acceptors (Lipinski definition) is 3. The number of hydrogen-bond donors (Lipinski definition) is 0. The number of halogens is 1. The second-order valence-electron chi connectivity index (χ2n) is 10.5. The van der Waals surface area contributed by atoms with E-state index in [4.69, 9.17) is 13.9 Å². The van der Waals surface area contributed by atoms with E-state index < -0.39 is 13.9 Å². The van der Waals surface area contributed by atoms with Gasteiger partial charge in [-0.05, 0) is 98.1 Å². The van der Waals surface area contributed by atoms with Gasteiger partial charge in [0.2, 0.25) is 0 Å². The molecule has 1 aliphatic carbocycles. The van der Waals surface area contributed by atoms with E-state index in [-0.39, 0.29) is 5.04 Å². The smallest absolute Gasteiger partial charge is 0.193 e. The summed E-state index contributed by atoms with van der Waals surface area (Å²) in [6.45, 7) is 16.4. The summed E-state index contributed by atoms with van der Waals surface area (Å²) in [5.74, 6) is 2.45. The molecule has 0 saturated carbocycles. The lowest BCUT2D eigenvalue weighted by Gasteiger charge is -2.43. The first-order valence-corrected chi connectivity index (χ1v) is 14.9. The van der Waals surface area contributed by atoms with Crippen molar-refractivity contribution in [3.05, 3.63) is 34.3 Å². The first kappa shape index (κ1) is 25.5. The van der Waals surface area contributed by atoms with E-state index in [1.54, 1.807) is 7.11 Å². The highest BCUT2D eigenvalue weighted by molar-refractivity contribution is 9.10. The van der Waals surface area contributed by atoms with Gasteiger partial charge in [0.05, 0.1) is 23.8 Å². The Balaban J connectivity index is 2.16. The van der Waals surface area contributed by atoms with Gasteiger partial charge in [0.15, 0.2) is 8.32 Å². The zero-order valence-corrected chi connectivity index (χ0v) is 22.8. The number of ether oxygens (including phenoxy) is 2.